The van der Waals surface area contributed by atoms with Crippen LogP contribution in [0.3, 0.4) is 0 Å². The number of ether oxygens (including phenoxy) is 1. The third-order valence-corrected chi connectivity index (χ3v) is 2.13. The van der Waals surface area contributed by atoms with E-state index in [1.54, 1.807) is 0 Å². The number of rotatable bonds is 3. The second-order valence-electron chi connectivity index (χ2n) is 3.19. The van der Waals surface area contributed by atoms with Gasteiger partial charge in [-0.1, -0.05) is 0 Å². The van der Waals surface area contributed by atoms with Gasteiger partial charge in [-0.05, 0) is 11.6 Å². The van der Waals surface area contributed by atoms with Crippen molar-refractivity contribution in [3.63, 3.8) is 0 Å². The summed E-state index contributed by atoms with van der Waals surface area (Å²) in [5.41, 5.74) is 5.33. The van der Waals surface area contributed by atoms with Crippen LogP contribution in [0, 0.1) is 21.4 Å². The molecule has 0 aromatic heterocycles. The lowest BCUT2D eigenvalue weighted by molar-refractivity contribution is -0.383. The molecule has 17 heavy (non-hydrogen) atoms. The van der Waals surface area contributed by atoms with Crippen molar-refractivity contribution in [1.29, 1.82) is 5.26 Å². The number of carbonyl (C=O) groups excluding carboxylic acids is 1. The summed E-state index contributed by atoms with van der Waals surface area (Å²) in [4.78, 5) is 21.1. The molecule has 7 nitrogen and oxygen atoms in total. The second kappa shape index (κ2) is 4.94. The van der Waals surface area contributed by atoms with Crippen LogP contribution in [0.2, 0.25) is 0 Å². The Labute approximate surface area is 96.6 Å². The van der Waals surface area contributed by atoms with Crippen LogP contribution in [0.5, 0.6) is 0 Å². The Kier molecular flexibility index (Phi) is 3.62. The Hall–Kier alpha value is -2.62. The van der Waals surface area contributed by atoms with E-state index in [0.717, 1.165) is 6.07 Å². The topological polar surface area (TPSA) is 119 Å². The summed E-state index contributed by atoms with van der Waals surface area (Å²) < 4.78 is 4.43. The highest BCUT2D eigenvalue weighted by molar-refractivity contribution is 5.75. The number of nitrogens with zero attached hydrogens (tertiary/aromatic N) is 2. The van der Waals surface area contributed by atoms with Gasteiger partial charge in [0.05, 0.1) is 30.1 Å². The maximum atomic E-state index is 11.1. The van der Waals surface area contributed by atoms with E-state index in [0.29, 0.717) is 0 Å². The van der Waals surface area contributed by atoms with Crippen molar-refractivity contribution in [3.8, 4) is 6.07 Å². The zero-order valence-corrected chi connectivity index (χ0v) is 8.97. The highest BCUT2D eigenvalue weighted by Crippen LogP contribution is 2.25. The molecule has 0 saturated heterocycles. The molecule has 0 aliphatic heterocycles. The summed E-state index contributed by atoms with van der Waals surface area (Å²) >= 11 is 0. The molecule has 1 aromatic rings. The van der Waals surface area contributed by atoms with E-state index in [2.05, 4.69) is 4.74 Å². The van der Waals surface area contributed by atoms with E-state index in [-0.39, 0.29) is 28.9 Å². The summed E-state index contributed by atoms with van der Waals surface area (Å²) in [6, 6.07) is 4.11. The first-order valence-electron chi connectivity index (χ1n) is 4.53. The standard InChI is InChI=1S/C10H9N3O4/c1-17-10(14)4-6-3-9(13(15)16)8(12)2-7(6)5-11/h2-3H,4,12H2,1H3. The molecular weight excluding hydrogens is 226 g/mol. The van der Waals surface area contributed by atoms with Crippen molar-refractivity contribution in [2.45, 2.75) is 6.42 Å². The largest absolute Gasteiger partial charge is 0.469 e. The molecule has 0 fully saturated rings. The molecule has 0 amide bonds. The first-order chi connectivity index (χ1) is 7.99. The number of nitro groups is 1. The summed E-state index contributed by atoms with van der Waals surface area (Å²) in [6.45, 7) is 0. The van der Waals surface area contributed by atoms with Gasteiger partial charge in [-0.25, -0.2) is 0 Å². The van der Waals surface area contributed by atoms with E-state index >= 15 is 0 Å². The van der Waals surface area contributed by atoms with E-state index in [9.17, 15) is 14.9 Å². The fraction of sp³-hybridized carbons (Fsp3) is 0.200. The Morgan fingerprint density at radius 1 is 1.65 bits per heavy atom. The molecule has 88 valence electrons. The quantitative estimate of drug-likeness (QED) is 0.357. The maximum Gasteiger partial charge on any atom is 0.310 e. The van der Waals surface area contributed by atoms with Gasteiger partial charge in [-0.15, -0.1) is 0 Å². The number of benzene rings is 1. The van der Waals surface area contributed by atoms with Gasteiger partial charge in [0.1, 0.15) is 5.69 Å². The zero-order valence-electron chi connectivity index (χ0n) is 8.97. The van der Waals surface area contributed by atoms with Crippen LogP contribution in [-0.2, 0) is 16.0 Å². The fourth-order valence-corrected chi connectivity index (χ4v) is 1.28. The van der Waals surface area contributed by atoms with E-state index in [1.807, 2.05) is 6.07 Å². The monoisotopic (exact) mass is 235 g/mol. The molecule has 1 rings (SSSR count). The van der Waals surface area contributed by atoms with Crippen LogP contribution in [0.4, 0.5) is 11.4 Å². The SMILES string of the molecule is COC(=O)Cc1cc([N+](=O)[O-])c(N)cc1C#N. The number of nitrogen functional groups attached to an aromatic ring is 1. The van der Waals surface area contributed by atoms with Gasteiger partial charge in [0.2, 0.25) is 0 Å². The molecule has 0 saturated carbocycles. The Bertz CT molecular complexity index is 519. The van der Waals surface area contributed by atoms with Gasteiger partial charge in [0, 0.05) is 6.07 Å². The molecule has 0 heterocycles. The molecule has 7 heteroatoms. The lowest BCUT2D eigenvalue weighted by Crippen LogP contribution is -2.07. The predicted molar refractivity (Wildman–Crippen MR) is 57.9 cm³/mol. The minimum absolute atomic E-state index is 0.111. The van der Waals surface area contributed by atoms with E-state index < -0.39 is 10.9 Å². The summed E-state index contributed by atoms with van der Waals surface area (Å²) in [5, 5.41) is 19.5. The molecule has 0 aliphatic carbocycles. The minimum Gasteiger partial charge on any atom is -0.469 e. The molecule has 0 bridgehead atoms. The molecule has 1 aromatic carbocycles. The number of nitrogens with two attached hydrogens (primary N) is 1. The molecule has 2 N–H and O–H groups in total. The van der Waals surface area contributed by atoms with E-state index in [1.165, 1.54) is 13.2 Å². The summed E-state index contributed by atoms with van der Waals surface area (Å²) in [5.74, 6) is -0.583. The maximum absolute atomic E-state index is 11.1. The summed E-state index contributed by atoms with van der Waals surface area (Å²) in [7, 11) is 1.19. The van der Waals surface area contributed by atoms with Crippen molar-refractivity contribution in [1.82, 2.24) is 0 Å². The first kappa shape index (κ1) is 12.4. The lowest BCUT2D eigenvalue weighted by Gasteiger charge is -2.04. The Morgan fingerprint density at radius 3 is 2.76 bits per heavy atom. The van der Waals surface area contributed by atoms with Crippen LogP contribution in [0.1, 0.15) is 11.1 Å². The lowest BCUT2D eigenvalue weighted by atomic mass is 10.0. The van der Waals surface area contributed by atoms with Gasteiger partial charge < -0.3 is 10.5 Å². The Balaban J connectivity index is 3.27. The van der Waals surface area contributed by atoms with Crippen LogP contribution in [-0.4, -0.2) is 18.0 Å². The highest BCUT2D eigenvalue weighted by atomic mass is 16.6. The minimum atomic E-state index is -0.669. The molecule has 0 atom stereocenters. The third-order valence-electron chi connectivity index (χ3n) is 2.13. The Morgan fingerprint density at radius 2 is 2.29 bits per heavy atom. The van der Waals surface area contributed by atoms with Crippen molar-refractivity contribution < 1.29 is 14.5 Å². The van der Waals surface area contributed by atoms with Gasteiger partial charge in [0.15, 0.2) is 0 Å². The number of anilines is 1. The molecule has 0 spiro atoms. The first-order valence-corrected chi connectivity index (χ1v) is 4.53. The van der Waals surface area contributed by atoms with Crippen molar-refractivity contribution in [2.24, 2.45) is 0 Å². The fourth-order valence-electron chi connectivity index (χ4n) is 1.28. The smallest absolute Gasteiger partial charge is 0.310 e. The normalized spacial score (nSPS) is 9.41. The number of carbonyl (C=O) groups is 1. The zero-order chi connectivity index (χ0) is 13.0. The number of nitriles is 1. The highest BCUT2D eigenvalue weighted by Gasteiger charge is 2.17. The third kappa shape index (κ3) is 2.69. The number of methoxy groups -OCH3 is 1. The van der Waals surface area contributed by atoms with Gasteiger partial charge in [-0.2, -0.15) is 5.26 Å². The average Bonchev–Trinajstić information content (AvgIpc) is 2.30. The van der Waals surface area contributed by atoms with Crippen molar-refractivity contribution in [3.05, 3.63) is 33.4 Å². The number of esters is 1. The van der Waals surface area contributed by atoms with Crippen LogP contribution in [0.25, 0.3) is 0 Å². The average molecular weight is 235 g/mol. The van der Waals surface area contributed by atoms with Crippen molar-refractivity contribution >= 4 is 17.3 Å². The summed E-state index contributed by atoms with van der Waals surface area (Å²) in [6.07, 6.45) is -0.208. The predicted octanol–water partition coefficient (Wildman–Crippen LogP) is 0.764. The van der Waals surface area contributed by atoms with Crippen LogP contribution < -0.4 is 5.73 Å². The van der Waals surface area contributed by atoms with E-state index in [4.69, 9.17) is 11.0 Å². The van der Waals surface area contributed by atoms with Gasteiger partial charge in [0.25, 0.3) is 5.69 Å². The number of hydrogen-bond acceptors (Lipinski definition) is 6. The number of hydrogen-bond donors (Lipinski definition) is 1. The van der Waals surface area contributed by atoms with Crippen LogP contribution in [0.15, 0.2) is 12.1 Å². The molecule has 0 unspecified atom stereocenters. The molecule has 0 radical (unpaired) electrons. The molecule has 0 aliphatic rings. The van der Waals surface area contributed by atoms with Crippen LogP contribution >= 0.6 is 0 Å². The molecular formula is C10H9N3O4. The van der Waals surface area contributed by atoms with Crippen molar-refractivity contribution in [2.75, 3.05) is 12.8 Å². The number of nitro benzene ring substituents is 1. The van der Waals surface area contributed by atoms with Gasteiger partial charge >= 0.3 is 5.97 Å². The van der Waals surface area contributed by atoms with Gasteiger partial charge in [-0.3, -0.25) is 14.9 Å². The second-order valence-corrected chi connectivity index (χ2v) is 3.19.